The van der Waals surface area contributed by atoms with Gasteiger partial charge in [-0.05, 0) is 51.0 Å². The van der Waals surface area contributed by atoms with Crippen molar-refractivity contribution in [3.8, 4) is 0 Å². The fourth-order valence-electron chi connectivity index (χ4n) is 12.7. The topological polar surface area (TPSA) is 313 Å². The second-order valence-corrected chi connectivity index (χ2v) is 19.6. The molecule has 0 spiro atoms. The third-order valence-electron chi connectivity index (χ3n) is 16.3. The lowest BCUT2D eigenvalue weighted by molar-refractivity contribution is -0.397. The van der Waals surface area contributed by atoms with Crippen LogP contribution >= 0.6 is 0 Å². The van der Waals surface area contributed by atoms with Gasteiger partial charge >= 0.3 is 17.9 Å². The van der Waals surface area contributed by atoms with E-state index in [0.717, 1.165) is 0 Å². The standard InChI is InChI=1S/C46H54O21/c1-41-15-25(48)23-13-45(41,43(23,39(58)66-41)19-60-35(56)21-9-5-3-6-10-21)64-38-34(55)32(53)30(51)28(63-38)18-59-40-44(20-61-36(57)22-11-7-4-8-12-22)24-14-46(44,42(2,67-40)16-26(24)49)65-37-33(54)31(52)29(50)27(17-47)62-37/h3-12,23-25,27-34,37-38,40,47-48,50-55H,13-20H2,1-2H3/t23?,24?,25-,27-,28-,29-,30-,31+,32+,33-,34?,37+,38+,40?,41?,42-,43?,44+,45?,46+/m1/s1. The zero-order valence-corrected chi connectivity index (χ0v) is 36.4. The van der Waals surface area contributed by atoms with Gasteiger partial charge in [-0.25, -0.2) is 9.59 Å². The molecule has 8 N–H and O–H groups in total. The average Bonchev–Trinajstić information content (AvgIpc) is 3.43. The minimum absolute atomic E-state index is 0.00362. The lowest BCUT2D eigenvalue weighted by Gasteiger charge is -2.66. The van der Waals surface area contributed by atoms with Crippen LogP contribution in [0.3, 0.4) is 0 Å². The van der Waals surface area contributed by atoms with Gasteiger partial charge in [-0.1, -0.05) is 36.4 Å². The summed E-state index contributed by atoms with van der Waals surface area (Å²) in [6, 6.07) is 16.0. The molecule has 4 heterocycles. The minimum Gasteiger partial charge on any atom is -0.461 e. The lowest BCUT2D eigenvalue weighted by atomic mass is 9.40. The molecular formula is C46H54O21. The molecule has 21 heteroatoms. The molecular weight excluding hydrogens is 888 g/mol. The van der Waals surface area contributed by atoms with Gasteiger partial charge in [-0.2, -0.15) is 0 Å². The van der Waals surface area contributed by atoms with Crippen molar-refractivity contribution in [2.75, 3.05) is 26.4 Å². The fraction of sp³-hybridized carbons (Fsp3) is 0.652. The molecule has 0 radical (unpaired) electrons. The molecule has 2 aromatic carbocycles. The van der Waals surface area contributed by atoms with Crippen LogP contribution in [0, 0.1) is 22.7 Å². The van der Waals surface area contributed by atoms with Crippen LogP contribution in [0.1, 0.15) is 60.2 Å². The predicted octanol–water partition coefficient (Wildman–Crippen LogP) is -1.98. The summed E-state index contributed by atoms with van der Waals surface area (Å²) in [5.41, 5.74) is -9.60. The Morgan fingerprint density at radius 1 is 0.672 bits per heavy atom. The zero-order valence-electron chi connectivity index (χ0n) is 36.4. The van der Waals surface area contributed by atoms with E-state index >= 15 is 0 Å². The van der Waals surface area contributed by atoms with E-state index < -0.39 is 163 Å². The van der Waals surface area contributed by atoms with Crippen molar-refractivity contribution in [1.82, 2.24) is 0 Å². The van der Waals surface area contributed by atoms with Crippen molar-refractivity contribution in [1.29, 1.82) is 0 Å². The van der Waals surface area contributed by atoms with E-state index in [0.29, 0.717) is 0 Å². The maximum Gasteiger partial charge on any atom is 0.338 e. The number of hydrogen-bond acceptors (Lipinski definition) is 21. The van der Waals surface area contributed by atoms with Gasteiger partial charge in [0.05, 0.1) is 35.9 Å². The molecule has 6 saturated carbocycles. The van der Waals surface area contributed by atoms with Crippen LogP contribution in [0.5, 0.6) is 0 Å². The number of aliphatic hydroxyl groups is 8. The van der Waals surface area contributed by atoms with Gasteiger partial charge in [-0.15, -0.1) is 0 Å². The zero-order chi connectivity index (χ0) is 47.6. The van der Waals surface area contributed by atoms with E-state index in [1.807, 2.05) is 0 Å². The molecule has 21 nitrogen and oxygen atoms in total. The van der Waals surface area contributed by atoms with E-state index in [4.69, 9.17) is 42.6 Å². The van der Waals surface area contributed by atoms with Gasteiger partial charge in [0.15, 0.2) is 18.9 Å². The number of benzene rings is 2. The van der Waals surface area contributed by atoms with Crippen LogP contribution in [0.2, 0.25) is 0 Å². The maximum absolute atomic E-state index is 13.9. The Balaban J connectivity index is 0.931. The molecule has 7 unspecified atom stereocenters. The van der Waals surface area contributed by atoms with Crippen molar-refractivity contribution in [3.63, 3.8) is 0 Å². The summed E-state index contributed by atoms with van der Waals surface area (Å²) in [7, 11) is 0. The number of carbonyl (C=O) groups excluding carboxylic acids is 4. The number of hydrogen-bond donors (Lipinski definition) is 8. The first kappa shape index (κ1) is 46.7. The van der Waals surface area contributed by atoms with E-state index in [9.17, 15) is 60.0 Å². The van der Waals surface area contributed by atoms with E-state index in [-0.39, 0.29) is 42.6 Å². The van der Waals surface area contributed by atoms with Crippen molar-refractivity contribution < 1.29 is 103 Å². The maximum atomic E-state index is 13.9. The molecule has 67 heavy (non-hydrogen) atoms. The van der Waals surface area contributed by atoms with Gasteiger partial charge in [0.25, 0.3) is 0 Å². The fourth-order valence-corrected chi connectivity index (χ4v) is 12.7. The molecule has 10 fully saturated rings. The summed E-state index contributed by atoms with van der Waals surface area (Å²) in [5.74, 6) is -4.40. The molecule has 2 aromatic rings. The smallest absolute Gasteiger partial charge is 0.338 e. The van der Waals surface area contributed by atoms with Crippen LogP contribution < -0.4 is 0 Å². The molecule has 8 bridgehead atoms. The number of ketones is 1. The molecule has 10 aliphatic rings. The van der Waals surface area contributed by atoms with Crippen molar-refractivity contribution in [2.24, 2.45) is 22.7 Å². The number of carbonyl (C=O) groups is 4. The first-order chi connectivity index (χ1) is 31.8. The molecule has 0 aromatic heterocycles. The third kappa shape index (κ3) is 6.37. The Hall–Kier alpha value is -4.04. The molecule has 6 aliphatic carbocycles. The minimum atomic E-state index is -1.94. The second kappa shape index (κ2) is 16.3. The molecule has 0 amide bonds. The highest BCUT2D eigenvalue weighted by Gasteiger charge is 2.90. The molecule has 20 atom stereocenters. The van der Waals surface area contributed by atoms with Gasteiger partial charge in [0.1, 0.15) is 95.6 Å². The van der Waals surface area contributed by atoms with Gasteiger partial charge in [0.2, 0.25) is 0 Å². The van der Waals surface area contributed by atoms with Crippen LogP contribution in [-0.4, -0.2) is 187 Å². The summed E-state index contributed by atoms with van der Waals surface area (Å²) in [6.07, 6.45) is -20.5. The van der Waals surface area contributed by atoms with Crippen LogP contribution in [0.4, 0.5) is 0 Å². The highest BCUT2D eigenvalue weighted by molar-refractivity contribution is 5.91. The first-order valence-electron chi connectivity index (χ1n) is 22.4. The SMILES string of the molecule is CC12C[C@@H](O)C3CC1(O[C@@H]1O[C@H](COC4O[C@]5(C)CC(=O)C6C[C@@]5(O[C@@H]5O[C@H](CO)[C@@H](O)[C@H](O)[C@H]5O)[C@]46COC(=O)c4ccccc4)[C@@H](O)[C@H](O)C1O)C3(COC(=O)c1ccccc1)C(=O)O2. The normalized spacial score (nSPS) is 47.9. The van der Waals surface area contributed by atoms with Gasteiger partial charge in [-0.3, -0.25) is 9.59 Å². The van der Waals surface area contributed by atoms with E-state index in [1.165, 1.54) is 24.3 Å². The summed E-state index contributed by atoms with van der Waals surface area (Å²) < 4.78 is 55.6. The second-order valence-electron chi connectivity index (χ2n) is 19.6. The van der Waals surface area contributed by atoms with Crippen LogP contribution in [0.25, 0.3) is 0 Å². The van der Waals surface area contributed by atoms with Crippen LogP contribution in [0.15, 0.2) is 60.7 Å². The Morgan fingerprint density at radius 3 is 1.82 bits per heavy atom. The van der Waals surface area contributed by atoms with E-state index in [1.54, 1.807) is 50.2 Å². The summed E-state index contributed by atoms with van der Waals surface area (Å²) in [6.45, 7) is 0.545. The molecule has 364 valence electrons. The summed E-state index contributed by atoms with van der Waals surface area (Å²) >= 11 is 0. The Morgan fingerprint density at radius 2 is 1.22 bits per heavy atom. The quantitative estimate of drug-likeness (QED) is 0.0751. The third-order valence-corrected chi connectivity index (χ3v) is 16.3. The number of esters is 3. The highest BCUT2D eigenvalue weighted by atomic mass is 16.8. The van der Waals surface area contributed by atoms with Crippen LogP contribution in [-0.2, 0) is 52.2 Å². The molecule has 4 saturated heterocycles. The number of Topliss-reactive ketones (excluding diaryl/α,β-unsaturated/α-hetero) is 1. The van der Waals surface area contributed by atoms with E-state index in [2.05, 4.69) is 0 Å². The number of ether oxygens (including phenoxy) is 9. The largest absolute Gasteiger partial charge is 0.461 e. The Labute approximate surface area is 382 Å². The average molecular weight is 943 g/mol. The number of rotatable bonds is 14. The monoisotopic (exact) mass is 942 g/mol. The number of fused-ring (bicyclic) bond motifs is 2. The number of aliphatic hydroxyl groups excluding tert-OH is 8. The Bertz CT molecular complexity index is 2270. The van der Waals surface area contributed by atoms with Crippen molar-refractivity contribution in [2.45, 2.75) is 136 Å². The molecule has 4 aliphatic heterocycles. The summed E-state index contributed by atoms with van der Waals surface area (Å²) in [5, 5.41) is 87.6. The van der Waals surface area contributed by atoms with Gasteiger partial charge < -0.3 is 83.5 Å². The highest BCUT2D eigenvalue weighted by Crippen LogP contribution is 2.75. The lowest BCUT2D eigenvalue weighted by Crippen LogP contribution is -2.80. The Kier molecular flexibility index (Phi) is 11.3. The van der Waals surface area contributed by atoms with Crippen molar-refractivity contribution >= 4 is 23.7 Å². The predicted molar refractivity (Wildman–Crippen MR) is 217 cm³/mol. The molecule has 12 rings (SSSR count). The van der Waals surface area contributed by atoms with Crippen molar-refractivity contribution in [3.05, 3.63) is 71.8 Å². The first-order valence-corrected chi connectivity index (χ1v) is 22.4. The summed E-state index contributed by atoms with van der Waals surface area (Å²) in [4.78, 5) is 54.5. The van der Waals surface area contributed by atoms with Gasteiger partial charge in [0, 0.05) is 24.7 Å².